The van der Waals surface area contributed by atoms with Crippen molar-refractivity contribution in [2.75, 3.05) is 7.11 Å². The molecule has 0 bridgehead atoms. The van der Waals surface area contributed by atoms with Crippen LogP contribution in [0.3, 0.4) is 0 Å². The van der Waals surface area contributed by atoms with E-state index in [-0.39, 0.29) is 0 Å². The van der Waals surface area contributed by atoms with Gasteiger partial charge in [0.2, 0.25) is 0 Å². The summed E-state index contributed by atoms with van der Waals surface area (Å²) in [5, 5.41) is 5.10. The van der Waals surface area contributed by atoms with Crippen molar-refractivity contribution in [2.45, 2.75) is 18.8 Å². The lowest BCUT2D eigenvalue weighted by molar-refractivity contribution is 0.415. The maximum Gasteiger partial charge on any atom is 0.274 e. The number of aromatic amines is 1. The minimum absolute atomic E-state index is 0.502. The lowest BCUT2D eigenvalue weighted by Gasteiger charge is -1.97. The predicted molar refractivity (Wildman–Crippen MR) is 70.1 cm³/mol. The van der Waals surface area contributed by atoms with Crippen LogP contribution in [-0.2, 0) is 0 Å². The molecule has 1 N–H and O–H groups in total. The van der Waals surface area contributed by atoms with Crippen LogP contribution in [-0.4, -0.2) is 22.2 Å². The molecule has 0 aliphatic heterocycles. The molecule has 4 rings (SSSR count). The zero-order valence-corrected chi connectivity index (χ0v) is 10.5. The van der Waals surface area contributed by atoms with Crippen LogP contribution in [0.4, 0.5) is 0 Å². The molecule has 1 fully saturated rings. The molecule has 19 heavy (non-hydrogen) atoms. The molecule has 0 spiro atoms. The smallest absolute Gasteiger partial charge is 0.274 e. The quantitative estimate of drug-likeness (QED) is 0.781. The number of methoxy groups -OCH3 is 1. The van der Waals surface area contributed by atoms with Gasteiger partial charge in [0.15, 0.2) is 5.82 Å². The monoisotopic (exact) mass is 255 g/mol. The first-order valence-electron chi connectivity index (χ1n) is 6.34. The second-order valence-corrected chi connectivity index (χ2v) is 4.87. The van der Waals surface area contributed by atoms with Gasteiger partial charge in [0.25, 0.3) is 5.89 Å². The summed E-state index contributed by atoms with van der Waals surface area (Å²) >= 11 is 0. The lowest BCUT2D eigenvalue weighted by atomic mass is 10.2. The molecule has 96 valence electrons. The van der Waals surface area contributed by atoms with E-state index in [1.807, 2.05) is 24.3 Å². The largest absolute Gasteiger partial charge is 0.497 e. The highest BCUT2D eigenvalue weighted by molar-refractivity contribution is 5.85. The van der Waals surface area contributed by atoms with Gasteiger partial charge in [-0.1, -0.05) is 5.16 Å². The van der Waals surface area contributed by atoms with Crippen molar-refractivity contribution < 1.29 is 9.26 Å². The van der Waals surface area contributed by atoms with Crippen molar-refractivity contribution >= 4 is 10.9 Å². The van der Waals surface area contributed by atoms with E-state index in [0.717, 1.165) is 28.2 Å². The zero-order valence-electron chi connectivity index (χ0n) is 10.5. The first-order valence-corrected chi connectivity index (χ1v) is 6.34. The fourth-order valence-corrected chi connectivity index (χ4v) is 2.20. The fourth-order valence-electron chi connectivity index (χ4n) is 2.20. The molecule has 5 heteroatoms. The Morgan fingerprint density at radius 3 is 3.00 bits per heavy atom. The number of rotatable bonds is 3. The lowest BCUT2D eigenvalue weighted by Crippen LogP contribution is -1.82. The summed E-state index contributed by atoms with van der Waals surface area (Å²) in [6, 6.07) is 7.89. The van der Waals surface area contributed by atoms with Crippen molar-refractivity contribution in [3.8, 4) is 17.3 Å². The second-order valence-electron chi connectivity index (χ2n) is 4.87. The van der Waals surface area contributed by atoms with Crippen LogP contribution in [0.1, 0.15) is 24.6 Å². The van der Waals surface area contributed by atoms with E-state index in [1.165, 1.54) is 12.8 Å². The van der Waals surface area contributed by atoms with Gasteiger partial charge in [-0.2, -0.15) is 4.98 Å². The molecule has 0 amide bonds. The van der Waals surface area contributed by atoms with E-state index in [1.54, 1.807) is 7.11 Å². The van der Waals surface area contributed by atoms with Gasteiger partial charge in [0, 0.05) is 16.8 Å². The third-order valence-electron chi connectivity index (χ3n) is 3.44. The van der Waals surface area contributed by atoms with Gasteiger partial charge >= 0.3 is 0 Å². The molecule has 0 saturated heterocycles. The van der Waals surface area contributed by atoms with Crippen molar-refractivity contribution in [1.82, 2.24) is 15.1 Å². The molecule has 1 saturated carbocycles. The van der Waals surface area contributed by atoms with Gasteiger partial charge in [0.1, 0.15) is 11.4 Å². The molecule has 3 aromatic rings. The summed E-state index contributed by atoms with van der Waals surface area (Å²) in [6.45, 7) is 0. The van der Waals surface area contributed by atoms with Crippen LogP contribution in [0.15, 0.2) is 28.8 Å². The van der Waals surface area contributed by atoms with Gasteiger partial charge < -0.3 is 14.2 Å². The van der Waals surface area contributed by atoms with Gasteiger partial charge in [0.05, 0.1) is 7.11 Å². The Balaban J connectivity index is 1.76. The van der Waals surface area contributed by atoms with Crippen molar-refractivity contribution in [2.24, 2.45) is 0 Å². The average Bonchev–Trinajstić information content (AvgIpc) is 3.03. The van der Waals surface area contributed by atoms with E-state index in [4.69, 9.17) is 9.26 Å². The van der Waals surface area contributed by atoms with Gasteiger partial charge in [-0.05, 0) is 37.1 Å². The number of nitrogens with one attached hydrogen (secondary N) is 1. The zero-order chi connectivity index (χ0) is 12.8. The minimum Gasteiger partial charge on any atom is -0.497 e. The van der Waals surface area contributed by atoms with Crippen LogP contribution in [0.25, 0.3) is 22.5 Å². The standard InChI is InChI=1S/C14H13N3O2/c1-18-10-4-5-11-9(6-10)7-12(15-11)14-16-13(17-19-14)8-2-3-8/h4-8,15H,2-3H2,1H3. The third-order valence-corrected chi connectivity index (χ3v) is 3.44. The first kappa shape index (κ1) is 10.6. The highest BCUT2D eigenvalue weighted by Gasteiger charge is 2.29. The summed E-state index contributed by atoms with van der Waals surface area (Å²) in [7, 11) is 1.66. The van der Waals surface area contributed by atoms with Crippen molar-refractivity contribution in [1.29, 1.82) is 0 Å². The summed E-state index contributed by atoms with van der Waals surface area (Å²) in [5.74, 6) is 2.72. The fraction of sp³-hybridized carbons (Fsp3) is 0.286. The number of aromatic nitrogens is 3. The molecule has 1 aliphatic carbocycles. The number of nitrogens with zero attached hydrogens (tertiary/aromatic N) is 2. The molecule has 1 aromatic carbocycles. The first-order chi connectivity index (χ1) is 9.33. The van der Waals surface area contributed by atoms with Gasteiger partial charge in [-0.3, -0.25) is 0 Å². The Bertz CT molecular complexity index is 740. The van der Waals surface area contributed by atoms with Crippen molar-refractivity contribution in [3.63, 3.8) is 0 Å². The number of hydrogen-bond donors (Lipinski definition) is 1. The highest BCUT2D eigenvalue weighted by atomic mass is 16.5. The second kappa shape index (κ2) is 3.85. The molecular formula is C14H13N3O2. The third kappa shape index (κ3) is 1.78. The van der Waals surface area contributed by atoms with Crippen LogP contribution < -0.4 is 4.74 Å². The summed E-state index contributed by atoms with van der Waals surface area (Å²) in [5.41, 5.74) is 1.88. The van der Waals surface area contributed by atoms with E-state index >= 15 is 0 Å². The van der Waals surface area contributed by atoms with Gasteiger partial charge in [-0.15, -0.1) is 0 Å². The minimum atomic E-state index is 0.502. The van der Waals surface area contributed by atoms with Crippen LogP contribution in [0, 0.1) is 0 Å². The molecule has 0 radical (unpaired) electrons. The summed E-state index contributed by atoms with van der Waals surface area (Å²) < 4.78 is 10.5. The van der Waals surface area contributed by atoms with Crippen molar-refractivity contribution in [3.05, 3.63) is 30.1 Å². The number of H-pyrrole nitrogens is 1. The number of fused-ring (bicyclic) bond motifs is 1. The number of hydrogen-bond acceptors (Lipinski definition) is 4. The molecule has 1 aliphatic rings. The topological polar surface area (TPSA) is 63.9 Å². The molecule has 0 unspecified atom stereocenters. The molecule has 0 atom stereocenters. The van der Waals surface area contributed by atoms with E-state index in [0.29, 0.717) is 11.8 Å². The Morgan fingerprint density at radius 2 is 2.21 bits per heavy atom. The summed E-state index contributed by atoms with van der Waals surface area (Å²) in [6.07, 6.45) is 2.34. The SMILES string of the molecule is COc1ccc2[nH]c(-c3nc(C4CC4)no3)cc2c1. The van der Waals surface area contributed by atoms with Crippen LogP contribution in [0.5, 0.6) is 5.75 Å². The van der Waals surface area contributed by atoms with Crippen LogP contribution in [0.2, 0.25) is 0 Å². The Morgan fingerprint density at radius 1 is 1.32 bits per heavy atom. The van der Waals surface area contributed by atoms with E-state index < -0.39 is 0 Å². The maximum atomic E-state index is 5.31. The van der Waals surface area contributed by atoms with Gasteiger partial charge in [-0.25, -0.2) is 0 Å². The Kier molecular flexibility index (Phi) is 2.15. The maximum absolute atomic E-state index is 5.31. The molecule has 2 heterocycles. The number of ether oxygens (including phenoxy) is 1. The number of benzene rings is 1. The Hall–Kier alpha value is -2.30. The van der Waals surface area contributed by atoms with Crippen LogP contribution >= 0.6 is 0 Å². The average molecular weight is 255 g/mol. The van der Waals surface area contributed by atoms with E-state index in [9.17, 15) is 0 Å². The Labute approximate surface area is 109 Å². The normalized spacial score (nSPS) is 15.0. The molecular weight excluding hydrogens is 242 g/mol. The van der Waals surface area contributed by atoms with E-state index in [2.05, 4.69) is 15.1 Å². The summed E-state index contributed by atoms with van der Waals surface area (Å²) in [4.78, 5) is 7.72. The molecule has 2 aromatic heterocycles. The predicted octanol–water partition coefficient (Wildman–Crippen LogP) is 3.10. The molecule has 5 nitrogen and oxygen atoms in total. The highest BCUT2D eigenvalue weighted by Crippen LogP contribution is 2.39.